The highest BCUT2D eigenvalue weighted by Gasteiger charge is 2.26. The molecule has 0 aliphatic rings. The number of carboxylic acid groups (broad SMARTS) is 1. The maximum atomic E-state index is 11.9. The molecule has 5 nitrogen and oxygen atoms in total. The van der Waals surface area contributed by atoms with Crippen molar-refractivity contribution in [2.75, 3.05) is 13.7 Å². The average Bonchev–Trinajstić information content (AvgIpc) is 2.42. The van der Waals surface area contributed by atoms with Crippen LogP contribution in [0.3, 0.4) is 0 Å². The van der Waals surface area contributed by atoms with E-state index in [1.165, 1.54) is 11.9 Å². The van der Waals surface area contributed by atoms with E-state index in [9.17, 15) is 14.7 Å². The first-order valence-electron chi connectivity index (χ1n) is 6.55. The van der Waals surface area contributed by atoms with Gasteiger partial charge in [0.25, 0.3) is 0 Å². The molecule has 0 aliphatic carbocycles. The average molecular weight is 279 g/mol. The summed E-state index contributed by atoms with van der Waals surface area (Å²) in [4.78, 5) is 24.5. The molecule has 0 saturated heterocycles. The van der Waals surface area contributed by atoms with Crippen LogP contribution >= 0.6 is 0 Å². The van der Waals surface area contributed by atoms with Gasteiger partial charge in [-0.05, 0) is 19.4 Å². The zero-order chi connectivity index (χ0) is 15.1. The van der Waals surface area contributed by atoms with Crippen LogP contribution in [0.4, 0.5) is 0 Å². The molecule has 1 N–H and O–H groups in total. The van der Waals surface area contributed by atoms with Gasteiger partial charge in [-0.15, -0.1) is 0 Å². The van der Waals surface area contributed by atoms with Crippen LogP contribution in [0.1, 0.15) is 19.4 Å². The van der Waals surface area contributed by atoms with Crippen LogP contribution in [-0.4, -0.2) is 47.7 Å². The Morgan fingerprint density at radius 3 is 2.35 bits per heavy atom. The fourth-order valence-corrected chi connectivity index (χ4v) is 1.74. The Kier molecular flexibility index (Phi) is 6.18. The number of nitrogens with zero attached hydrogens (tertiary/aromatic N) is 1. The van der Waals surface area contributed by atoms with Crippen molar-refractivity contribution in [2.45, 2.75) is 32.4 Å². The number of rotatable bonds is 7. The number of hydrogen-bond acceptors (Lipinski definition) is 3. The van der Waals surface area contributed by atoms with Crippen LogP contribution in [0.2, 0.25) is 0 Å². The molecule has 1 amide bonds. The SMILES string of the molecule is CC(C)OCC(=O)N(C)C(Cc1ccccc1)C(=O)O. The molecule has 20 heavy (non-hydrogen) atoms. The third-order valence-corrected chi connectivity index (χ3v) is 2.96. The molecule has 1 aromatic carbocycles. The summed E-state index contributed by atoms with van der Waals surface area (Å²) in [6.45, 7) is 3.55. The monoisotopic (exact) mass is 279 g/mol. The molecule has 1 rings (SSSR count). The van der Waals surface area contributed by atoms with Gasteiger partial charge in [-0.25, -0.2) is 4.79 Å². The largest absolute Gasteiger partial charge is 0.480 e. The highest BCUT2D eigenvalue weighted by atomic mass is 16.5. The molecule has 0 spiro atoms. The van der Waals surface area contributed by atoms with Crippen molar-refractivity contribution >= 4 is 11.9 Å². The van der Waals surface area contributed by atoms with E-state index in [1.807, 2.05) is 44.2 Å². The van der Waals surface area contributed by atoms with E-state index in [0.29, 0.717) is 0 Å². The first-order valence-corrected chi connectivity index (χ1v) is 6.55. The predicted octanol–water partition coefficient (Wildman–Crippen LogP) is 1.57. The van der Waals surface area contributed by atoms with Crippen LogP contribution in [0, 0.1) is 0 Å². The second kappa shape index (κ2) is 7.65. The minimum absolute atomic E-state index is 0.0650. The smallest absolute Gasteiger partial charge is 0.326 e. The fraction of sp³-hybridized carbons (Fsp3) is 0.467. The van der Waals surface area contributed by atoms with Crippen LogP contribution in [0.5, 0.6) is 0 Å². The number of hydrogen-bond donors (Lipinski definition) is 1. The summed E-state index contributed by atoms with van der Waals surface area (Å²) >= 11 is 0. The summed E-state index contributed by atoms with van der Waals surface area (Å²) in [5.74, 6) is -1.35. The quantitative estimate of drug-likeness (QED) is 0.822. The third kappa shape index (κ3) is 5.01. The lowest BCUT2D eigenvalue weighted by molar-refractivity contribution is -0.151. The van der Waals surface area contributed by atoms with Crippen molar-refractivity contribution in [3.8, 4) is 0 Å². The normalized spacial score (nSPS) is 12.2. The number of ether oxygens (including phenoxy) is 1. The highest BCUT2D eigenvalue weighted by molar-refractivity contribution is 5.84. The topological polar surface area (TPSA) is 66.8 Å². The molecular formula is C15H21NO4. The standard InChI is InChI=1S/C15H21NO4/c1-11(2)20-10-14(17)16(3)13(15(18)19)9-12-7-5-4-6-8-12/h4-8,11,13H,9-10H2,1-3H3,(H,18,19). The number of benzene rings is 1. The van der Waals surface area contributed by atoms with Crippen molar-refractivity contribution in [1.82, 2.24) is 4.90 Å². The number of carbonyl (C=O) groups excluding carboxylic acids is 1. The van der Waals surface area contributed by atoms with E-state index in [4.69, 9.17) is 4.74 Å². The van der Waals surface area contributed by atoms with Gasteiger partial charge in [0.2, 0.25) is 5.91 Å². The molecule has 0 saturated carbocycles. The molecule has 0 radical (unpaired) electrons. The highest BCUT2D eigenvalue weighted by Crippen LogP contribution is 2.09. The molecule has 0 fully saturated rings. The summed E-state index contributed by atoms with van der Waals surface area (Å²) in [7, 11) is 1.49. The minimum Gasteiger partial charge on any atom is -0.480 e. The van der Waals surface area contributed by atoms with Crippen LogP contribution < -0.4 is 0 Å². The first kappa shape index (κ1) is 16.2. The molecule has 0 aliphatic heterocycles. The van der Waals surface area contributed by atoms with E-state index >= 15 is 0 Å². The summed E-state index contributed by atoms with van der Waals surface area (Å²) in [6.07, 6.45) is 0.213. The molecule has 1 atom stereocenters. The molecule has 0 bridgehead atoms. The molecule has 110 valence electrons. The van der Waals surface area contributed by atoms with E-state index in [2.05, 4.69) is 0 Å². The summed E-state index contributed by atoms with van der Waals surface area (Å²) in [6, 6.07) is 8.36. The summed E-state index contributed by atoms with van der Waals surface area (Å²) in [5, 5.41) is 9.30. The lowest BCUT2D eigenvalue weighted by Crippen LogP contribution is -2.45. The number of amides is 1. The van der Waals surface area contributed by atoms with Gasteiger partial charge in [0.05, 0.1) is 6.10 Å². The number of carbonyl (C=O) groups is 2. The molecule has 1 aromatic rings. The Labute approximate surface area is 119 Å². The molecule has 1 unspecified atom stereocenters. The van der Waals surface area contributed by atoms with Crippen molar-refractivity contribution in [2.24, 2.45) is 0 Å². The van der Waals surface area contributed by atoms with Gasteiger partial charge in [-0.1, -0.05) is 30.3 Å². The van der Waals surface area contributed by atoms with Gasteiger partial charge < -0.3 is 14.7 Å². The zero-order valence-corrected chi connectivity index (χ0v) is 12.1. The van der Waals surface area contributed by atoms with Gasteiger partial charge in [0.15, 0.2) is 0 Å². The summed E-state index contributed by atoms with van der Waals surface area (Å²) in [5.41, 5.74) is 0.879. The van der Waals surface area contributed by atoms with Gasteiger partial charge >= 0.3 is 5.97 Å². The number of carboxylic acids is 1. The second-order valence-corrected chi connectivity index (χ2v) is 4.91. The van der Waals surface area contributed by atoms with Gasteiger partial charge in [0.1, 0.15) is 12.6 Å². The van der Waals surface area contributed by atoms with Crippen LogP contribution in [-0.2, 0) is 20.7 Å². The lowest BCUT2D eigenvalue weighted by atomic mass is 10.1. The minimum atomic E-state index is -1.02. The molecular weight excluding hydrogens is 258 g/mol. The number of likely N-dealkylation sites (N-methyl/N-ethyl adjacent to an activating group) is 1. The van der Waals surface area contributed by atoms with Crippen molar-refractivity contribution in [3.63, 3.8) is 0 Å². The predicted molar refractivity (Wildman–Crippen MR) is 75.4 cm³/mol. The third-order valence-electron chi connectivity index (χ3n) is 2.96. The Morgan fingerprint density at radius 2 is 1.85 bits per heavy atom. The molecule has 0 heterocycles. The van der Waals surface area contributed by atoms with Gasteiger partial charge in [-0.2, -0.15) is 0 Å². The fourth-order valence-electron chi connectivity index (χ4n) is 1.74. The zero-order valence-electron chi connectivity index (χ0n) is 12.1. The van der Waals surface area contributed by atoms with E-state index < -0.39 is 12.0 Å². The summed E-state index contributed by atoms with van der Waals surface area (Å²) < 4.78 is 5.22. The van der Waals surface area contributed by atoms with Gasteiger partial charge in [0, 0.05) is 13.5 Å². The first-order chi connectivity index (χ1) is 9.41. The van der Waals surface area contributed by atoms with Crippen molar-refractivity contribution < 1.29 is 19.4 Å². The number of aliphatic carboxylic acids is 1. The maximum Gasteiger partial charge on any atom is 0.326 e. The molecule has 0 aromatic heterocycles. The lowest BCUT2D eigenvalue weighted by Gasteiger charge is -2.25. The Morgan fingerprint density at radius 1 is 1.25 bits per heavy atom. The van der Waals surface area contributed by atoms with Crippen LogP contribution in [0.25, 0.3) is 0 Å². The Hall–Kier alpha value is -1.88. The Bertz CT molecular complexity index is 444. The van der Waals surface area contributed by atoms with Gasteiger partial charge in [-0.3, -0.25) is 4.79 Å². The van der Waals surface area contributed by atoms with E-state index in [1.54, 1.807) is 0 Å². The van der Waals surface area contributed by atoms with Crippen LogP contribution in [0.15, 0.2) is 30.3 Å². The maximum absolute atomic E-state index is 11.9. The second-order valence-electron chi connectivity index (χ2n) is 4.91. The molecule has 5 heteroatoms. The van der Waals surface area contributed by atoms with Crippen molar-refractivity contribution in [1.29, 1.82) is 0 Å². The van der Waals surface area contributed by atoms with E-state index in [0.717, 1.165) is 5.56 Å². The Balaban J connectivity index is 2.70. The van der Waals surface area contributed by atoms with E-state index in [-0.39, 0.29) is 25.0 Å². The van der Waals surface area contributed by atoms with Crippen molar-refractivity contribution in [3.05, 3.63) is 35.9 Å².